The predicted octanol–water partition coefficient (Wildman–Crippen LogP) is 1.38. The summed E-state index contributed by atoms with van der Waals surface area (Å²) in [5.74, 6) is 0.519. The van der Waals surface area contributed by atoms with Crippen LogP contribution in [0.4, 0.5) is 4.79 Å². The molecule has 2 aliphatic heterocycles. The maximum Gasteiger partial charge on any atom is 0.409 e. The van der Waals surface area contributed by atoms with Gasteiger partial charge in [-0.15, -0.1) is 0 Å². The Labute approximate surface area is 83.4 Å². The Morgan fingerprint density at radius 2 is 2.36 bits per heavy atom. The van der Waals surface area contributed by atoms with Gasteiger partial charge in [0, 0.05) is 6.54 Å². The third-order valence-corrected chi connectivity index (χ3v) is 3.35. The van der Waals surface area contributed by atoms with Crippen LogP contribution in [0.3, 0.4) is 0 Å². The third-order valence-electron chi connectivity index (χ3n) is 3.35. The van der Waals surface area contributed by atoms with Crippen LogP contribution in [0.1, 0.15) is 19.3 Å². The monoisotopic (exact) mass is 194 g/mol. The third kappa shape index (κ3) is 1.33. The number of carbonyl (C=O) groups is 1. The van der Waals surface area contributed by atoms with Crippen LogP contribution in [0, 0.1) is 23.2 Å². The Balaban J connectivity index is 2.14. The molecule has 0 spiro atoms. The zero-order valence-electron chi connectivity index (χ0n) is 8.27. The molecule has 1 amide bonds. The second-order valence-corrected chi connectivity index (χ2v) is 4.10. The number of nitriles is 1. The average Bonchev–Trinajstić information content (AvgIpc) is 2.28. The first-order chi connectivity index (χ1) is 6.76. The highest BCUT2D eigenvalue weighted by molar-refractivity contribution is 5.68. The van der Waals surface area contributed by atoms with Gasteiger partial charge in [-0.2, -0.15) is 5.26 Å². The van der Waals surface area contributed by atoms with Crippen LogP contribution < -0.4 is 0 Å². The van der Waals surface area contributed by atoms with Gasteiger partial charge in [0.25, 0.3) is 0 Å². The SMILES string of the molecule is COC(=O)N1C[C@H]2CC[C@H]1[C@H](C#N)C2. The number of carbonyl (C=O) groups excluding carboxylic acids is 1. The minimum Gasteiger partial charge on any atom is -0.453 e. The molecule has 0 aromatic rings. The van der Waals surface area contributed by atoms with E-state index in [0.717, 1.165) is 25.8 Å². The lowest BCUT2D eigenvalue weighted by Gasteiger charge is -2.46. The van der Waals surface area contributed by atoms with E-state index in [9.17, 15) is 4.79 Å². The maximum atomic E-state index is 11.4. The molecule has 1 aliphatic carbocycles. The Morgan fingerprint density at radius 3 is 2.93 bits per heavy atom. The van der Waals surface area contributed by atoms with E-state index in [1.807, 2.05) is 0 Å². The standard InChI is InChI=1S/C10H14N2O2/c1-14-10(13)12-6-7-2-3-9(12)8(4-7)5-11/h7-9H,2-4,6H2,1H3/t7-,8-,9-/m0/s1. The summed E-state index contributed by atoms with van der Waals surface area (Å²) < 4.78 is 4.71. The summed E-state index contributed by atoms with van der Waals surface area (Å²) >= 11 is 0. The fourth-order valence-electron chi connectivity index (χ4n) is 2.66. The average molecular weight is 194 g/mol. The molecule has 3 aliphatic rings. The minimum atomic E-state index is -0.278. The molecule has 0 aromatic carbocycles. The predicted molar refractivity (Wildman–Crippen MR) is 49.3 cm³/mol. The van der Waals surface area contributed by atoms with Gasteiger partial charge in [0.1, 0.15) is 0 Å². The van der Waals surface area contributed by atoms with E-state index in [1.54, 1.807) is 4.90 Å². The van der Waals surface area contributed by atoms with Crippen LogP contribution in [0.5, 0.6) is 0 Å². The topological polar surface area (TPSA) is 53.3 Å². The van der Waals surface area contributed by atoms with Crippen molar-refractivity contribution in [2.75, 3.05) is 13.7 Å². The van der Waals surface area contributed by atoms with Gasteiger partial charge in [-0.05, 0) is 25.2 Å². The van der Waals surface area contributed by atoms with Gasteiger partial charge in [-0.3, -0.25) is 0 Å². The lowest BCUT2D eigenvalue weighted by molar-refractivity contribution is 0.0195. The Morgan fingerprint density at radius 1 is 1.57 bits per heavy atom. The summed E-state index contributed by atoms with van der Waals surface area (Å²) in [7, 11) is 1.39. The van der Waals surface area contributed by atoms with E-state index in [0.29, 0.717) is 5.92 Å². The van der Waals surface area contributed by atoms with Gasteiger partial charge in [-0.25, -0.2) is 4.79 Å². The van der Waals surface area contributed by atoms with Gasteiger partial charge in [-0.1, -0.05) is 0 Å². The quantitative estimate of drug-likeness (QED) is 0.585. The number of ether oxygens (including phenoxy) is 1. The Kier molecular flexibility index (Phi) is 2.32. The highest BCUT2D eigenvalue weighted by Gasteiger charge is 2.43. The molecule has 1 saturated carbocycles. The van der Waals surface area contributed by atoms with Gasteiger partial charge in [0.2, 0.25) is 0 Å². The number of hydrogen-bond acceptors (Lipinski definition) is 3. The summed E-state index contributed by atoms with van der Waals surface area (Å²) in [5.41, 5.74) is 0. The van der Waals surface area contributed by atoms with Gasteiger partial charge >= 0.3 is 6.09 Å². The zero-order valence-corrected chi connectivity index (χ0v) is 8.27. The first-order valence-electron chi connectivity index (χ1n) is 5.00. The van der Waals surface area contributed by atoms with E-state index in [1.165, 1.54) is 7.11 Å². The smallest absolute Gasteiger partial charge is 0.409 e. The molecule has 3 rings (SSSR count). The molecule has 2 heterocycles. The molecular formula is C10H14N2O2. The first kappa shape index (κ1) is 9.32. The van der Waals surface area contributed by atoms with Crippen LogP contribution in [-0.4, -0.2) is 30.7 Å². The van der Waals surface area contributed by atoms with Gasteiger partial charge in [0.05, 0.1) is 25.1 Å². The lowest BCUT2D eigenvalue weighted by atomic mass is 9.73. The van der Waals surface area contributed by atoms with Crippen molar-refractivity contribution in [1.29, 1.82) is 5.26 Å². The number of methoxy groups -OCH3 is 1. The fraction of sp³-hybridized carbons (Fsp3) is 0.800. The first-order valence-corrected chi connectivity index (χ1v) is 5.00. The molecule has 4 heteroatoms. The molecule has 3 fully saturated rings. The number of rotatable bonds is 0. The number of fused-ring (bicyclic) bond motifs is 3. The van der Waals surface area contributed by atoms with Crippen molar-refractivity contribution in [1.82, 2.24) is 4.90 Å². The molecule has 0 radical (unpaired) electrons. The van der Waals surface area contributed by atoms with E-state index < -0.39 is 0 Å². The molecular weight excluding hydrogens is 180 g/mol. The number of piperidine rings is 2. The number of amides is 1. The van der Waals surface area contributed by atoms with Crippen LogP contribution >= 0.6 is 0 Å². The second-order valence-electron chi connectivity index (χ2n) is 4.10. The molecule has 3 atom stereocenters. The van der Waals surface area contributed by atoms with E-state index in [-0.39, 0.29) is 18.1 Å². The van der Waals surface area contributed by atoms with Crippen molar-refractivity contribution in [2.45, 2.75) is 25.3 Å². The Bertz CT molecular complexity index is 284. The van der Waals surface area contributed by atoms with Crippen LogP contribution in [0.15, 0.2) is 0 Å². The van der Waals surface area contributed by atoms with E-state index in [2.05, 4.69) is 6.07 Å². The number of nitrogens with zero attached hydrogens (tertiary/aromatic N) is 2. The molecule has 14 heavy (non-hydrogen) atoms. The minimum absolute atomic E-state index is 0.0154. The largest absolute Gasteiger partial charge is 0.453 e. The number of hydrogen-bond donors (Lipinski definition) is 0. The highest BCUT2D eigenvalue weighted by atomic mass is 16.5. The summed E-state index contributed by atoms with van der Waals surface area (Å²) in [4.78, 5) is 13.1. The summed E-state index contributed by atoms with van der Waals surface area (Å²) in [6, 6.07) is 2.39. The zero-order chi connectivity index (χ0) is 10.1. The fourth-order valence-corrected chi connectivity index (χ4v) is 2.66. The lowest BCUT2D eigenvalue weighted by Crippen LogP contribution is -2.54. The summed E-state index contributed by atoms with van der Waals surface area (Å²) in [6.45, 7) is 0.773. The molecule has 76 valence electrons. The van der Waals surface area contributed by atoms with Crippen LogP contribution in [0.25, 0.3) is 0 Å². The normalized spacial score (nSPS) is 35.1. The molecule has 4 nitrogen and oxygen atoms in total. The summed E-state index contributed by atoms with van der Waals surface area (Å²) in [5, 5.41) is 8.96. The van der Waals surface area contributed by atoms with Crippen molar-refractivity contribution < 1.29 is 9.53 Å². The van der Waals surface area contributed by atoms with Crippen molar-refractivity contribution in [3.8, 4) is 6.07 Å². The molecule has 0 aromatic heterocycles. The van der Waals surface area contributed by atoms with Crippen molar-refractivity contribution >= 4 is 6.09 Å². The van der Waals surface area contributed by atoms with Crippen LogP contribution in [-0.2, 0) is 4.74 Å². The summed E-state index contributed by atoms with van der Waals surface area (Å²) in [6.07, 6.45) is 2.78. The van der Waals surface area contributed by atoms with Crippen molar-refractivity contribution in [3.63, 3.8) is 0 Å². The van der Waals surface area contributed by atoms with E-state index >= 15 is 0 Å². The van der Waals surface area contributed by atoms with Gasteiger partial charge < -0.3 is 9.64 Å². The molecule has 0 unspecified atom stereocenters. The Hall–Kier alpha value is -1.24. The molecule has 2 saturated heterocycles. The maximum absolute atomic E-state index is 11.4. The van der Waals surface area contributed by atoms with E-state index in [4.69, 9.17) is 10.00 Å². The second kappa shape index (κ2) is 3.49. The molecule has 2 bridgehead atoms. The van der Waals surface area contributed by atoms with Crippen molar-refractivity contribution in [2.24, 2.45) is 11.8 Å². The van der Waals surface area contributed by atoms with Crippen molar-refractivity contribution in [3.05, 3.63) is 0 Å². The highest BCUT2D eigenvalue weighted by Crippen LogP contribution is 2.38. The van der Waals surface area contributed by atoms with Crippen LogP contribution in [0.2, 0.25) is 0 Å². The molecule has 0 N–H and O–H groups in total. The van der Waals surface area contributed by atoms with Gasteiger partial charge in [0.15, 0.2) is 0 Å².